The number of unbranched alkanes of at least 4 members (excludes halogenated alkanes) is 1. The van der Waals surface area contributed by atoms with Crippen LogP contribution in [0.1, 0.15) is 19.3 Å². The summed E-state index contributed by atoms with van der Waals surface area (Å²) < 4.78 is 0. The smallest absolute Gasteiger partial charge is 0.321 e. The minimum Gasteiger partial charge on any atom is -0.480 e. The lowest BCUT2D eigenvalue weighted by atomic mass is 10.1. The van der Waals surface area contributed by atoms with E-state index in [1.807, 2.05) is 0 Å². The van der Waals surface area contributed by atoms with Crippen molar-refractivity contribution in [2.75, 3.05) is 13.1 Å². The van der Waals surface area contributed by atoms with Gasteiger partial charge in [-0.1, -0.05) is 6.42 Å². The van der Waals surface area contributed by atoms with Crippen molar-refractivity contribution in [3.63, 3.8) is 0 Å². The van der Waals surface area contributed by atoms with E-state index in [4.69, 9.17) is 21.7 Å². The van der Waals surface area contributed by atoms with Gasteiger partial charge in [0.15, 0.2) is 0 Å². The Morgan fingerprint density at radius 3 is 2.12 bits per heavy atom. The highest BCUT2D eigenvalue weighted by molar-refractivity contribution is 5.73. The summed E-state index contributed by atoms with van der Waals surface area (Å²) in [6, 6.07) is -1.72. The van der Waals surface area contributed by atoms with Gasteiger partial charge in [-0.05, 0) is 19.4 Å². The van der Waals surface area contributed by atoms with E-state index in [1.54, 1.807) is 0 Å². The number of hydrogen-bond acceptors (Lipinski definition) is 5. The first-order chi connectivity index (χ1) is 7.45. The van der Waals surface area contributed by atoms with Gasteiger partial charge in [0.2, 0.25) is 0 Å². The zero-order valence-electron chi connectivity index (χ0n) is 9.06. The van der Waals surface area contributed by atoms with Gasteiger partial charge < -0.3 is 27.0 Å². The molecule has 0 aliphatic rings. The average Bonchev–Trinajstić information content (AvgIpc) is 2.21. The maximum absolute atomic E-state index is 10.4. The van der Waals surface area contributed by atoms with E-state index in [-0.39, 0.29) is 6.54 Å². The van der Waals surface area contributed by atoms with Gasteiger partial charge in [0, 0.05) is 6.54 Å². The van der Waals surface area contributed by atoms with Gasteiger partial charge in [0.25, 0.3) is 0 Å². The predicted molar refractivity (Wildman–Crippen MR) is 57.9 cm³/mol. The molecule has 7 heteroatoms. The van der Waals surface area contributed by atoms with Gasteiger partial charge in [0.1, 0.15) is 12.1 Å². The Morgan fingerprint density at radius 1 is 1.06 bits per heavy atom. The summed E-state index contributed by atoms with van der Waals surface area (Å²) in [6.45, 7) is 0.813. The molecule has 2 atom stereocenters. The number of nitrogens with two attached hydrogens (primary N) is 2. The summed E-state index contributed by atoms with van der Waals surface area (Å²) in [5, 5.41) is 19.8. The van der Waals surface area contributed by atoms with Gasteiger partial charge in [-0.3, -0.25) is 9.59 Å². The molecule has 0 amide bonds. The van der Waals surface area contributed by atoms with Crippen molar-refractivity contribution in [3.05, 3.63) is 0 Å². The largest absolute Gasteiger partial charge is 0.480 e. The lowest BCUT2D eigenvalue weighted by molar-refractivity contribution is -0.139. The highest BCUT2D eigenvalue weighted by Gasteiger charge is 2.11. The van der Waals surface area contributed by atoms with Crippen LogP contribution in [0.5, 0.6) is 0 Å². The van der Waals surface area contributed by atoms with E-state index in [0.717, 1.165) is 6.42 Å². The molecular weight excluding hydrogens is 214 g/mol. The first-order valence-electron chi connectivity index (χ1n) is 5.12. The molecular formula is C9H19N3O4. The van der Waals surface area contributed by atoms with Crippen molar-refractivity contribution in [2.24, 2.45) is 11.5 Å². The van der Waals surface area contributed by atoms with Crippen molar-refractivity contribution < 1.29 is 19.8 Å². The lowest BCUT2D eigenvalue weighted by Crippen LogP contribution is -2.40. The molecule has 0 aromatic heterocycles. The molecule has 7 nitrogen and oxygen atoms in total. The van der Waals surface area contributed by atoms with Crippen LogP contribution in [0.25, 0.3) is 0 Å². The van der Waals surface area contributed by atoms with Crippen molar-refractivity contribution in [1.29, 1.82) is 0 Å². The number of aliphatic carboxylic acids is 2. The molecule has 0 radical (unpaired) electrons. The lowest BCUT2D eigenvalue weighted by Gasteiger charge is -2.09. The molecule has 94 valence electrons. The molecule has 0 aromatic carbocycles. The molecule has 0 aliphatic carbocycles. The molecule has 0 saturated carbocycles. The zero-order valence-corrected chi connectivity index (χ0v) is 9.06. The number of hydrogen-bond donors (Lipinski definition) is 5. The standard InChI is InChI=1S/C9H19N3O4/c10-6(8(13)14)3-1-2-4-12-5-7(11)9(15)16/h6-7,12H,1-5,10-11H2,(H,13,14)(H,15,16)/t6-,7?/m1/s1. The molecule has 0 heterocycles. The van der Waals surface area contributed by atoms with Crippen LogP contribution in [-0.2, 0) is 9.59 Å². The molecule has 16 heavy (non-hydrogen) atoms. The quantitative estimate of drug-likeness (QED) is 0.308. The van der Waals surface area contributed by atoms with Crippen LogP contribution in [0, 0.1) is 0 Å². The summed E-state index contributed by atoms with van der Waals surface area (Å²) in [5.41, 5.74) is 10.6. The van der Waals surface area contributed by atoms with E-state index in [9.17, 15) is 9.59 Å². The Morgan fingerprint density at radius 2 is 1.62 bits per heavy atom. The maximum Gasteiger partial charge on any atom is 0.321 e. The van der Waals surface area contributed by atoms with Crippen molar-refractivity contribution >= 4 is 11.9 Å². The van der Waals surface area contributed by atoms with Crippen LogP contribution in [0.2, 0.25) is 0 Å². The SMILES string of the molecule is NC(CNCCCC[C@@H](N)C(=O)O)C(=O)O. The maximum atomic E-state index is 10.4. The average molecular weight is 233 g/mol. The fraction of sp³-hybridized carbons (Fsp3) is 0.778. The molecule has 0 aliphatic heterocycles. The summed E-state index contributed by atoms with van der Waals surface area (Å²) in [6.07, 6.45) is 1.85. The van der Waals surface area contributed by atoms with Crippen LogP contribution in [0.4, 0.5) is 0 Å². The first-order valence-corrected chi connectivity index (χ1v) is 5.12. The van der Waals surface area contributed by atoms with Gasteiger partial charge in [-0.15, -0.1) is 0 Å². The normalized spacial score (nSPS) is 14.4. The summed E-state index contributed by atoms with van der Waals surface area (Å²) >= 11 is 0. The van der Waals surface area contributed by atoms with E-state index in [2.05, 4.69) is 5.32 Å². The summed E-state index contributed by atoms with van der Waals surface area (Å²) in [4.78, 5) is 20.7. The Labute approximate surface area is 93.8 Å². The minimum atomic E-state index is -1.04. The van der Waals surface area contributed by atoms with E-state index >= 15 is 0 Å². The minimum absolute atomic E-state index is 0.209. The number of rotatable bonds is 9. The van der Waals surface area contributed by atoms with Crippen LogP contribution in [0.15, 0.2) is 0 Å². The third kappa shape index (κ3) is 7.16. The Kier molecular flexibility index (Phi) is 7.44. The van der Waals surface area contributed by atoms with Crippen LogP contribution < -0.4 is 16.8 Å². The van der Waals surface area contributed by atoms with Crippen molar-refractivity contribution in [1.82, 2.24) is 5.32 Å². The molecule has 0 spiro atoms. The molecule has 7 N–H and O–H groups in total. The highest BCUT2D eigenvalue weighted by atomic mass is 16.4. The second-order valence-electron chi connectivity index (χ2n) is 3.59. The number of carbonyl (C=O) groups is 2. The fourth-order valence-corrected chi connectivity index (χ4v) is 1.08. The number of nitrogens with one attached hydrogen (secondary N) is 1. The summed E-state index contributed by atoms with van der Waals surface area (Å²) in [7, 11) is 0. The van der Waals surface area contributed by atoms with E-state index in [0.29, 0.717) is 19.4 Å². The highest BCUT2D eigenvalue weighted by Crippen LogP contribution is 1.98. The monoisotopic (exact) mass is 233 g/mol. The predicted octanol–water partition coefficient (Wildman–Crippen LogP) is -1.43. The zero-order chi connectivity index (χ0) is 12.6. The molecule has 0 saturated heterocycles. The van der Waals surface area contributed by atoms with Gasteiger partial charge in [0.05, 0.1) is 0 Å². The van der Waals surface area contributed by atoms with Crippen LogP contribution in [-0.4, -0.2) is 47.3 Å². The van der Waals surface area contributed by atoms with E-state index < -0.39 is 24.0 Å². The van der Waals surface area contributed by atoms with Gasteiger partial charge >= 0.3 is 11.9 Å². The third-order valence-corrected chi connectivity index (χ3v) is 2.12. The number of carboxylic acids is 2. The van der Waals surface area contributed by atoms with Crippen molar-refractivity contribution in [3.8, 4) is 0 Å². The van der Waals surface area contributed by atoms with E-state index in [1.165, 1.54) is 0 Å². The van der Waals surface area contributed by atoms with Crippen LogP contribution in [0.3, 0.4) is 0 Å². The Balaban J connectivity index is 3.34. The van der Waals surface area contributed by atoms with Crippen molar-refractivity contribution in [2.45, 2.75) is 31.3 Å². The summed E-state index contributed by atoms with van der Waals surface area (Å²) in [5.74, 6) is -2.04. The molecule has 0 fully saturated rings. The third-order valence-electron chi connectivity index (χ3n) is 2.12. The first kappa shape index (κ1) is 14.8. The topological polar surface area (TPSA) is 139 Å². The second kappa shape index (κ2) is 8.03. The Hall–Kier alpha value is -1.18. The van der Waals surface area contributed by atoms with Crippen LogP contribution >= 0.6 is 0 Å². The molecule has 0 bridgehead atoms. The second-order valence-corrected chi connectivity index (χ2v) is 3.59. The van der Waals surface area contributed by atoms with Gasteiger partial charge in [-0.25, -0.2) is 0 Å². The molecule has 0 rings (SSSR count). The number of carboxylic acid groups (broad SMARTS) is 2. The Bertz CT molecular complexity index is 211. The molecule has 0 aromatic rings. The van der Waals surface area contributed by atoms with Gasteiger partial charge in [-0.2, -0.15) is 0 Å². The fourth-order valence-electron chi connectivity index (χ4n) is 1.08. The molecule has 1 unspecified atom stereocenters.